The Morgan fingerprint density at radius 3 is 2.40 bits per heavy atom. The molecule has 0 saturated heterocycles. The molecular weight excluding hydrogens is 169 g/mol. The number of nitrogens with one attached hydrogen (secondary N) is 1. The van der Waals surface area contributed by atoms with Crippen molar-refractivity contribution in [2.24, 2.45) is 5.92 Å². The van der Waals surface area contributed by atoms with Gasteiger partial charge in [0.05, 0.1) is 0 Å². The Morgan fingerprint density at radius 2 is 2.00 bits per heavy atom. The highest BCUT2D eigenvalue weighted by Gasteiger charge is 2.51. The molecule has 2 aliphatic rings. The minimum Gasteiger partial charge on any atom is -0.314 e. The fraction of sp³-hybridized carbons (Fsp3) is 1.00. The molecule has 10 heavy (non-hydrogen) atoms. The van der Waals surface area contributed by atoms with Gasteiger partial charge >= 0.3 is 0 Å². The van der Waals surface area contributed by atoms with E-state index in [1.54, 1.807) is 0 Å². The Bertz CT molecular complexity index is 143. The number of hydrogen-bond acceptors (Lipinski definition) is 1. The molecule has 2 saturated carbocycles. The first-order chi connectivity index (χ1) is 4.68. The van der Waals surface area contributed by atoms with Gasteiger partial charge in [0.2, 0.25) is 0 Å². The summed E-state index contributed by atoms with van der Waals surface area (Å²) in [7, 11) is 0. The molecule has 0 bridgehead atoms. The molecule has 0 heterocycles. The van der Waals surface area contributed by atoms with Crippen molar-refractivity contribution in [1.82, 2.24) is 5.32 Å². The maximum atomic E-state index is 5.84. The molecule has 1 N–H and O–H groups in total. The molecular formula is C7H11Cl2N. The summed E-state index contributed by atoms with van der Waals surface area (Å²) >= 11 is 11.7. The molecule has 1 nitrogen and oxygen atoms in total. The van der Waals surface area contributed by atoms with Crippen molar-refractivity contribution in [2.45, 2.75) is 29.6 Å². The van der Waals surface area contributed by atoms with Crippen molar-refractivity contribution >= 4 is 23.2 Å². The number of hydrogen-bond donors (Lipinski definition) is 1. The minimum absolute atomic E-state index is 0.387. The van der Waals surface area contributed by atoms with E-state index in [-0.39, 0.29) is 4.33 Å². The molecule has 0 aromatic carbocycles. The average Bonchev–Trinajstić information content (AvgIpc) is 2.65. The van der Waals surface area contributed by atoms with Gasteiger partial charge < -0.3 is 5.32 Å². The van der Waals surface area contributed by atoms with Gasteiger partial charge in [0.15, 0.2) is 0 Å². The van der Waals surface area contributed by atoms with Crippen molar-refractivity contribution in [3.05, 3.63) is 0 Å². The highest BCUT2D eigenvalue weighted by molar-refractivity contribution is 6.50. The Morgan fingerprint density at radius 1 is 1.40 bits per heavy atom. The fourth-order valence-electron chi connectivity index (χ4n) is 1.09. The lowest BCUT2D eigenvalue weighted by atomic mass is 10.4. The molecule has 58 valence electrons. The zero-order valence-electron chi connectivity index (χ0n) is 5.74. The molecule has 2 fully saturated rings. The first-order valence-electron chi connectivity index (χ1n) is 3.80. The van der Waals surface area contributed by atoms with Crippen LogP contribution in [0, 0.1) is 5.92 Å². The maximum absolute atomic E-state index is 5.84. The quantitative estimate of drug-likeness (QED) is 0.654. The lowest BCUT2D eigenvalue weighted by Crippen LogP contribution is -2.20. The molecule has 0 aromatic heterocycles. The highest BCUT2D eigenvalue weighted by Crippen LogP contribution is 2.52. The van der Waals surface area contributed by atoms with E-state index in [0.717, 1.165) is 19.0 Å². The predicted octanol–water partition coefficient (Wildman–Crippen LogP) is 1.93. The SMILES string of the molecule is ClC1(Cl)CC1CNC1CC1. The van der Waals surface area contributed by atoms with Crippen LogP contribution < -0.4 is 5.32 Å². The standard InChI is InChI=1S/C7H11Cl2N/c8-7(9)3-5(7)4-10-6-1-2-6/h5-6,10H,1-4H2. The molecule has 0 spiro atoms. The zero-order valence-corrected chi connectivity index (χ0v) is 7.25. The first kappa shape index (κ1) is 7.20. The molecule has 0 aliphatic heterocycles. The summed E-state index contributed by atoms with van der Waals surface area (Å²) in [5.41, 5.74) is 0. The molecule has 0 aromatic rings. The van der Waals surface area contributed by atoms with Crippen LogP contribution in [0.5, 0.6) is 0 Å². The normalized spacial score (nSPS) is 36.0. The van der Waals surface area contributed by atoms with Crippen molar-refractivity contribution in [1.29, 1.82) is 0 Å². The van der Waals surface area contributed by atoms with Crippen molar-refractivity contribution in [3.8, 4) is 0 Å². The Hall–Kier alpha value is 0.540. The van der Waals surface area contributed by atoms with Crippen LogP contribution in [-0.4, -0.2) is 16.9 Å². The first-order valence-corrected chi connectivity index (χ1v) is 4.55. The lowest BCUT2D eigenvalue weighted by Gasteiger charge is -2.00. The van der Waals surface area contributed by atoms with Crippen LogP contribution in [0.3, 0.4) is 0 Å². The summed E-state index contributed by atoms with van der Waals surface area (Å²) in [6.45, 7) is 1.01. The summed E-state index contributed by atoms with van der Waals surface area (Å²) in [6.07, 6.45) is 3.64. The van der Waals surface area contributed by atoms with Gasteiger partial charge in [-0.2, -0.15) is 0 Å². The second kappa shape index (κ2) is 2.26. The monoisotopic (exact) mass is 179 g/mol. The summed E-state index contributed by atoms with van der Waals surface area (Å²) in [5.74, 6) is 0.511. The number of rotatable bonds is 3. The van der Waals surface area contributed by atoms with E-state index < -0.39 is 0 Å². The van der Waals surface area contributed by atoms with Gasteiger partial charge in [-0.25, -0.2) is 0 Å². The molecule has 2 rings (SSSR count). The predicted molar refractivity (Wildman–Crippen MR) is 43.6 cm³/mol. The maximum Gasteiger partial charge on any atom is 0.122 e. The van der Waals surface area contributed by atoms with Crippen LogP contribution in [-0.2, 0) is 0 Å². The third-order valence-corrected chi connectivity index (χ3v) is 3.11. The summed E-state index contributed by atoms with van der Waals surface area (Å²) in [4.78, 5) is 0. The molecule has 2 aliphatic carbocycles. The van der Waals surface area contributed by atoms with Gasteiger partial charge in [-0.15, -0.1) is 23.2 Å². The average molecular weight is 180 g/mol. The Balaban J connectivity index is 1.64. The highest BCUT2D eigenvalue weighted by atomic mass is 35.5. The van der Waals surface area contributed by atoms with E-state index in [2.05, 4.69) is 5.32 Å². The van der Waals surface area contributed by atoms with E-state index in [9.17, 15) is 0 Å². The van der Waals surface area contributed by atoms with Gasteiger partial charge in [-0.05, 0) is 19.3 Å². The smallest absolute Gasteiger partial charge is 0.122 e. The fourth-order valence-corrected chi connectivity index (χ4v) is 1.61. The third kappa shape index (κ3) is 1.58. The van der Waals surface area contributed by atoms with Crippen molar-refractivity contribution in [3.63, 3.8) is 0 Å². The van der Waals surface area contributed by atoms with Gasteiger partial charge in [0.25, 0.3) is 0 Å². The van der Waals surface area contributed by atoms with Gasteiger partial charge in [0.1, 0.15) is 4.33 Å². The summed E-state index contributed by atoms with van der Waals surface area (Å²) < 4.78 is -0.387. The lowest BCUT2D eigenvalue weighted by molar-refractivity contribution is 0.631. The van der Waals surface area contributed by atoms with Crippen molar-refractivity contribution < 1.29 is 0 Å². The summed E-state index contributed by atoms with van der Waals surface area (Å²) in [5, 5.41) is 3.41. The molecule has 0 radical (unpaired) electrons. The van der Waals surface area contributed by atoms with Gasteiger partial charge in [-0.1, -0.05) is 0 Å². The minimum atomic E-state index is -0.387. The van der Waals surface area contributed by atoms with E-state index >= 15 is 0 Å². The molecule has 0 amide bonds. The van der Waals surface area contributed by atoms with Crippen molar-refractivity contribution in [2.75, 3.05) is 6.54 Å². The largest absolute Gasteiger partial charge is 0.314 e. The number of alkyl halides is 2. The molecule has 3 heteroatoms. The second-order valence-electron chi connectivity index (χ2n) is 3.34. The molecule has 1 atom stereocenters. The zero-order chi connectivity index (χ0) is 7.19. The van der Waals surface area contributed by atoms with Crippen LogP contribution in [0.2, 0.25) is 0 Å². The van der Waals surface area contributed by atoms with E-state index in [1.165, 1.54) is 12.8 Å². The topological polar surface area (TPSA) is 12.0 Å². The van der Waals surface area contributed by atoms with Crippen LogP contribution in [0.4, 0.5) is 0 Å². The van der Waals surface area contributed by atoms with Gasteiger partial charge in [-0.3, -0.25) is 0 Å². The Kier molecular flexibility index (Phi) is 1.63. The number of halogens is 2. The van der Waals surface area contributed by atoms with Crippen LogP contribution in [0.1, 0.15) is 19.3 Å². The van der Waals surface area contributed by atoms with Crippen LogP contribution in [0.15, 0.2) is 0 Å². The summed E-state index contributed by atoms with van der Waals surface area (Å²) in [6, 6.07) is 0.782. The van der Waals surface area contributed by atoms with E-state index in [0.29, 0.717) is 5.92 Å². The van der Waals surface area contributed by atoms with E-state index in [4.69, 9.17) is 23.2 Å². The Labute approximate surface area is 71.1 Å². The van der Waals surface area contributed by atoms with E-state index in [1.807, 2.05) is 0 Å². The van der Waals surface area contributed by atoms with Crippen LogP contribution >= 0.6 is 23.2 Å². The van der Waals surface area contributed by atoms with Crippen LogP contribution in [0.25, 0.3) is 0 Å². The molecule has 1 unspecified atom stereocenters. The third-order valence-electron chi connectivity index (χ3n) is 2.19. The second-order valence-corrected chi connectivity index (χ2v) is 4.89. The van der Waals surface area contributed by atoms with Gasteiger partial charge in [0, 0.05) is 18.5 Å².